The van der Waals surface area contributed by atoms with Crippen LogP contribution in [0.3, 0.4) is 0 Å². The zero-order valence-corrected chi connectivity index (χ0v) is 17.7. The lowest BCUT2D eigenvalue weighted by molar-refractivity contribution is -0.670. The molecule has 3 heterocycles. The first-order valence-corrected chi connectivity index (χ1v) is 10.5. The summed E-state index contributed by atoms with van der Waals surface area (Å²) in [6.07, 6.45) is 1.54. The second kappa shape index (κ2) is 8.12. The highest BCUT2D eigenvalue weighted by Gasteiger charge is 2.16. The highest BCUT2D eigenvalue weighted by Crippen LogP contribution is 2.34. The smallest absolute Gasteiger partial charge is 0.321 e. The van der Waals surface area contributed by atoms with Crippen molar-refractivity contribution in [2.45, 2.75) is 0 Å². The maximum Gasteiger partial charge on any atom is 0.321 e. The number of nitrogens with zero attached hydrogens (tertiary/aromatic N) is 4. The fraction of sp³-hybridized carbons (Fsp3) is 0.0435. The molecule has 0 aliphatic carbocycles. The third-order valence-corrected chi connectivity index (χ3v) is 5.96. The van der Waals surface area contributed by atoms with E-state index in [4.69, 9.17) is 15.0 Å². The molecule has 2 N–H and O–H groups in total. The molecule has 5 rings (SSSR count). The van der Waals surface area contributed by atoms with E-state index in [0.29, 0.717) is 20.8 Å². The molecular formula is C23H17N5O3S. The predicted molar refractivity (Wildman–Crippen MR) is 120 cm³/mol. The van der Waals surface area contributed by atoms with Gasteiger partial charge in [0.15, 0.2) is 0 Å². The Morgan fingerprint density at radius 1 is 1.09 bits per heavy atom. The molecule has 0 amide bonds. The average molecular weight is 443 g/mol. The number of rotatable bonds is 5. The molecule has 158 valence electrons. The minimum Gasteiger partial charge on any atom is -0.857 e. The van der Waals surface area contributed by atoms with Gasteiger partial charge in [0.25, 0.3) is 6.20 Å². The molecule has 8 nitrogen and oxygen atoms in total. The molecule has 3 aromatic heterocycles. The van der Waals surface area contributed by atoms with Gasteiger partial charge in [-0.05, 0) is 41.1 Å². The van der Waals surface area contributed by atoms with Gasteiger partial charge in [0.2, 0.25) is 11.0 Å². The lowest BCUT2D eigenvalue weighted by atomic mass is 10.1. The third kappa shape index (κ3) is 3.65. The topological polar surface area (TPSA) is 113 Å². The van der Waals surface area contributed by atoms with Gasteiger partial charge in [-0.25, -0.2) is 9.98 Å². The van der Waals surface area contributed by atoms with Gasteiger partial charge in [0.05, 0.1) is 23.4 Å². The molecular weight excluding hydrogens is 426 g/mol. The Morgan fingerprint density at radius 2 is 1.88 bits per heavy atom. The van der Waals surface area contributed by atoms with Crippen molar-refractivity contribution >= 4 is 39.0 Å². The largest absolute Gasteiger partial charge is 0.857 e. The van der Waals surface area contributed by atoms with Crippen molar-refractivity contribution in [2.24, 2.45) is 4.99 Å². The highest BCUT2D eigenvalue weighted by molar-refractivity contribution is 7.21. The van der Waals surface area contributed by atoms with Crippen molar-refractivity contribution in [1.29, 1.82) is 0 Å². The van der Waals surface area contributed by atoms with Crippen molar-refractivity contribution in [3.63, 3.8) is 0 Å². The van der Waals surface area contributed by atoms with E-state index in [-0.39, 0.29) is 5.88 Å². The van der Waals surface area contributed by atoms with E-state index in [2.05, 4.69) is 15.2 Å². The van der Waals surface area contributed by atoms with Crippen molar-refractivity contribution in [3.05, 3.63) is 77.8 Å². The van der Waals surface area contributed by atoms with Crippen LogP contribution in [-0.2, 0) is 0 Å². The second-order valence-electron chi connectivity index (χ2n) is 6.86. The summed E-state index contributed by atoms with van der Waals surface area (Å²) >= 11 is 1.20. The van der Waals surface area contributed by atoms with Crippen LogP contribution >= 0.6 is 11.3 Å². The Labute approximate surface area is 186 Å². The number of hydrogen-bond acceptors (Lipinski definition) is 8. The molecule has 5 aromatic rings. The number of benzene rings is 2. The molecule has 32 heavy (non-hydrogen) atoms. The number of nitrogen functional groups attached to an aromatic ring is 1. The number of anilines is 1. The number of thiophene rings is 1. The summed E-state index contributed by atoms with van der Waals surface area (Å²) in [5.41, 5.74) is 9.09. The van der Waals surface area contributed by atoms with Crippen molar-refractivity contribution < 1.29 is 19.0 Å². The normalized spacial score (nSPS) is 11.7. The van der Waals surface area contributed by atoms with E-state index < -0.39 is 5.90 Å². The molecule has 0 unspecified atom stereocenters. The number of aromatic nitrogens is 3. The average Bonchev–Trinajstić information content (AvgIpc) is 3.44. The number of pyridine rings is 1. The van der Waals surface area contributed by atoms with E-state index in [0.717, 1.165) is 22.7 Å². The second-order valence-corrected chi connectivity index (χ2v) is 7.86. The zero-order chi connectivity index (χ0) is 22.1. The molecule has 0 saturated carbocycles. The molecule has 0 aliphatic heterocycles. The van der Waals surface area contributed by atoms with Crippen molar-refractivity contribution in [1.82, 2.24) is 10.3 Å². The Hall–Kier alpha value is -4.24. The minimum atomic E-state index is -0.507. The summed E-state index contributed by atoms with van der Waals surface area (Å²) in [7, 11) is 1.62. The van der Waals surface area contributed by atoms with Gasteiger partial charge < -0.3 is 15.6 Å². The van der Waals surface area contributed by atoms with Gasteiger partial charge >= 0.3 is 5.88 Å². The highest BCUT2D eigenvalue weighted by atomic mass is 32.1. The molecule has 0 bridgehead atoms. The number of hydrogen-bond donors (Lipinski definition) is 1. The van der Waals surface area contributed by atoms with Crippen LogP contribution in [0.4, 0.5) is 11.6 Å². The Bertz CT molecular complexity index is 1430. The summed E-state index contributed by atoms with van der Waals surface area (Å²) in [6.45, 7) is 0. The first-order chi connectivity index (χ1) is 15.6. The molecule has 0 spiro atoms. The van der Waals surface area contributed by atoms with Gasteiger partial charge in [-0.3, -0.25) is 4.52 Å². The zero-order valence-electron chi connectivity index (χ0n) is 16.9. The van der Waals surface area contributed by atoms with E-state index in [9.17, 15) is 5.11 Å². The molecule has 0 fully saturated rings. The number of methoxy groups -OCH3 is 1. The van der Waals surface area contributed by atoms with Gasteiger partial charge in [0, 0.05) is 29.0 Å². The van der Waals surface area contributed by atoms with Crippen LogP contribution in [0.5, 0.6) is 5.75 Å². The first-order valence-electron chi connectivity index (χ1n) is 9.66. The lowest BCUT2D eigenvalue weighted by Gasteiger charge is -2.06. The lowest BCUT2D eigenvalue weighted by Crippen LogP contribution is -2.30. The Morgan fingerprint density at radius 3 is 2.62 bits per heavy atom. The summed E-state index contributed by atoms with van der Waals surface area (Å²) in [5.74, 6) is 0.348. The quantitative estimate of drug-likeness (QED) is 0.253. The number of fused-ring (bicyclic) bond motifs is 1. The summed E-state index contributed by atoms with van der Waals surface area (Å²) < 4.78 is 11.9. The molecule has 9 heteroatoms. The maximum atomic E-state index is 12.8. The van der Waals surface area contributed by atoms with Crippen LogP contribution in [0.1, 0.15) is 4.88 Å². The van der Waals surface area contributed by atoms with E-state index >= 15 is 0 Å². The number of ether oxygens (including phenoxy) is 1. The third-order valence-electron chi connectivity index (χ3n) is 4.86. The molecule has 0 aliphatic rings. The summed E-state index contributed by atoms with van der Waals surface area (Å²) in [5, 5.41) is 17.4. The Kier molecular flexibility index (Phi) is 5.00. The van der Waals surface area contributed by atoms with Crippen molar-refractivity contribution in [2.75, 3.05) is 12.8 Å². The van der Waals surface area contributed by atoms with E-state index in [1.165, 1.54) is 22.2 Å². The summed E-state index contributed by atoms with van der Waals surface area (Å²) in [4.78, 5) is 9.68. The molecule has 0 atom stereocenters. The molecule has 0 radical (unpaired) electrons. The number of para-hydroxylation sites is 1. The molecule has 2 aromatic carbocycles. The SMILES string of the molecule is COc1ccc(-c2ccc3c(N)c(/C([O-])=N/c4c[n+](-c5ccccc5)no4)sc3n2)cc1. The maximum absolute atomic E-state index is 12.8. The standard InChI is InChI=1S/C23H17N5O3S/c1-30-16-9-7-14(8-10-16)18-12-11-17-20(24)21(32-23(17)25-18)22(29)26-19-13-28(27-31-19)15-5-3-2-4-6-15/h2-13H,1H3,(H2-,24,26,27,29). The van der Waals surface area contributed by atoms with Gasteiger partial charge in [-0.15, -0.1) is 11.3 Å². The van der Waals surface area contributed by atoms with Gasteiger partial charge in [0.1, 0.15) is 10.6 Å². The van der Waals surface area contributed by atoms with Gasteiger partial charge in [-0.1, -0.05) is 18.2 Å². The summed E-state index contributed by atoms with van der Waals surface area (Å²) in [6, 6.07) is 20.7. The predicted octanol–water partition coefficient (Wildman–Crippen LogP) is 3.26. The molecule has 0 saturated heterocycles. The number of aliphatic imine (C=N–C) groups is 1. The fourth-order valence-electron chi connectivity index (χ4n) is 3.22. The first kappa shape index (κ1) is 19.7. The van der Waals surface area contributed by atoms with Crippen LogP contribution < -0.4 is 20.3 Å². The fourth-order valence-corrected chi connectivity index (χ4v) is 4.20. The van der Waals surface area contributed by atoms with Crippen molar-refractivity contribution in [3.8, 4) is 22.7 Å². The Balaban J connectivity index is 1.47. The van der Waals surface area contributed by atoms with E-state index in [1.807, 2.05) is 66.7 Å². The minimum absolute atomic E-state index is 0.0857. The van der Waals surface area contributed by atoms with Crippen LogP contribution in [-0.4, -0.2) is 23.3 Å². The number of nitrogens with two attached hydrogens (primary N) is 1. The van der Waals surface area contributed by atoms with Crippen LogP contribution in [0.25, 0.3) is 27.2 Å². The van der Waals surface area contributed by atoms with E-state index in [1.54, 1.807) is 7.11 Å². The van der Waals surface area contributed by atoms with Crippen LogP contribution in [0.2, 0.25) is 0 Å². The monoisotopic (exact) mass is 443 g/mol. The van der Waals surface area contributed by atoms with Crippen LogP contribution in [0, 0.1) is 0 Å². The van der Waals surface area contributed by atoms with Gasteiger partial charge in [-0.2, -0.15) is 0 Å². The van der Waals surface area contributed by atoms with Crippen LogP contribution in [0.15, 0.2) is 82.4 Å².